The molecule has 2 rings (SSSR count). The number of amides is 1. The summed E-state index contributed by atoms with van der Waals surface area (Å²) >= 11 is 0. The van der Waals surface area contributed by atoms with Gasteiger partial charge in [0.05, 0.1) is 11.9 Å². The van der Waals surface area contributed by atoms with Gasteiger partial charge in [0, 0.05) is 39.1 Å². The van der Waals surface area contributed by atoms with Crippen molar-refractivity contribution in [2.45, 2.75) is 12.2 Å². The second-order valence-corrected chi connectivity index (χ2v) is 7.19. The summed E-state index contributed by atoms with van der Waals surface area (Å²) in [4.78, 5) is 21.1. The Bertz CT molecular complexity index is 815. The topological polar surface area (TPSA) is 110 Å². The van der Waals surface area contributed by atoms with Crippen molar-refractivity contribution >= 4 is 21.9 Å². The molecule has 2 aromatic rings. The summed E-state index contributed by atoms with van der Waals surface area (Å²) in [6.45, 7) is 1.32. The van der Waals surface area contributed by atoms with E-state index in [2.05, 4.69) is 19.8 Å². The van der Waals surface area contributed by atoms with Gasteiger partial charge in [0.2, 0.25) is 21.9 Å². The van der Waals surface area contributed by atoms with Crippen LogP contribution in [0.2, 0.25) is 0 Å². The minimum atomic E-state index is -3.94. The average molecular weight is 338 g/mol. The average Bonchev–Trinajstić information content (AvgIpc) is 2.92. The SMILES string of the molecule is CC(C(=O)N(C)C)S(=O)(=O)Nc1nccc(-c2cnn(C)c2)n1. The van der Waals surface area contributed by atoms with E-state index in [0.717, 1.165) is 5.56 Å². The molecular weight excluding hydrogens is 320 g/mol. The molecule has 0 aliphatic heterocycles. The molecule has 1 unspecified atom stereocenters. The Kier molecular flexibility index (Phi) is 4.64. The first kappa shape index (κ1) is 16.9. The number of carbonyl (C=O) groups excluding carboxylic acids is 1. The van der Waals surface area contributed by atoms with Crippen LogP contribution in [-0.2, 0) is 21.9 Å². The van der Waals surface area contributed by atoms with E-state index in [1.807, 2.05) is 0 Å². The third-order valence-electron chi connectivity index (χ3n) is 3.14. The summed E-state index contributed by atoms with van der Waals surface area (Å²) in [5.74, 6) is -0.620. The van der Waals surface area contributed by atoms with Crippen LogP contribution in [0.1, 0.15) is 6.92 Å². The summed E-state index contributed by atoms with van der Waals surface area (Å²) in [7, 11) is 0.816. The van der Waals surface area contributed by atoms with Gasteiger partial charge in [-0.05, 0) is 13.0 Å². The van der Waals surface area contributed by atoms with Crippen LogP contribution in [0.5, 0.6) is 0 Å². The Hall–Kier alpha value is -2.49. The molecule has 1 atom stereocenters. The largest absolute Gasteiger partial charge is 0.348 e. The Morgan fingerprint density at radius 2 is 2.09 bits per heavy atom. The number of hydrogen-bond donors (Lipinski definition) is 1. The van der Waals surface area contributed by atoms with Crippen LogP contribution in [0.4, 0.5) is 5.95 Å². The summed E-state index contributed by atoms with van der Waals surface area (Å²) in [5, 5.41) is 2.79. The molecule has 0 bridgehead atoms. The lowest BCUT2D eigenvalue weighted by atomic mass is 10.2. The van der Waals surface area contributed by atoms with Gasteiger partial charge in [-0.2, -0.15) is 5.10 Å². The second kappa shape index (κ2) is 6.32. The lowest BCUT2D eigenvalue weighted by Crippen LogP contribution is -2.40. The highest BCUT2D eigenvalue weighted by atomic mass is 32.2. The van der Waals surface area contributed by atoms with Crippen molar-refractivity contribution in [1.29, 1.82) is 0 Å². The van der Waals surface area contributed by atoms with Crippen molar-refractivity contribution in [2.75, 3.05) is 18.8 Å². The van der Waals surface area contributed by atoms with Crippen LogP contribution < -0.4 is 4.72 Å². The standard InChI is InChI=1S/C13H18N6O3S/c1-9(12(20)18(2)3)23(21,22)17-13-14-6-5-11(16-13)10-7-15-19(4)8-10/h5-9H,1-4H3,(H,14,16,17). The number of sulfonamides is 1. The maximum absolute atomic E-state index is 12.2. The Balaban J connectivity index is 2.25. The van der Waals surface area contributed by atoms with Crippen molar-refractivity contribution in [3.63, 3.8) is 0 Å². The van der Waals surface area contributed by atoms with Crippen molar-refractivity contribution < 1.29 is 13.2 Å². The van der Waals surface area contributed by atoms with Crippen LogP contribution in [0, 0.1) is 0 Å². The van der Waals surface area contributed by atoms with Gasteiger partial charge < -0.3 is 4.90 Å². The number of aromatic nitrogens is 4. The Morgan fingerprint density at radius 1 is 1.39 bits per heavy atom. The zero-order valence-corrected chi connectivity index (χ0v) is 14.1. The molecule has 0 spiro atoms. The molecule has 0 aromatic carbocycles. The minimum Gasteiger partial charge on any atom is -0.348 e. The molecule has 1 amide bonds. The van der Waals surface area contributed by atoms with E-state index in [-0.39, 0.29) is 5.95 Å². The van der Waals surface area contributed by atoms with E-state index in [1.54, 1.807) is 30.2 Å². The maximum Gasteiger partial charge on any atom is 0.246 e. The third-order valence-corrected chi connectivity index (χ3v) is 4.74. The predicted molar refractivity (Wildman–Crippen MR) is 84.9 cm³/mol. The quantitative estimate of drug-likeness (QED) is 0.827. The summed E-state index contributed by atoms with van der Waals surface area (Å²) in [6.07, 6.45) is 4.79. The fraction of sp³-hybridized carbons (Fsp3) is 0.385. The fourth-order valence-electron chi connectivity index (χ4n) is 1.83. The smallest absolute Gasteiger partial charge is 0.246 e. The van der Waals surface area contributed by atoms with E-state index >= 15 is 0 Å². The lowest BCUT2D eigenvalue weighted by molar-refractivity contribution is -0.127. The van der Waals surface area contributed by atoms with Gasteiger partial charge in [0.25, 0.3) is 0 Å². The van der Waals surface area contributed by atoms with E-state index in [9.17, 15) is 13.2 Å². The van der Waals surface area contributed by atoms with Crippen LogP contribution in [-0.4, -0.2) is 58.3 Å². The second-order valence-electron chi connectivity index (χ2n) is 5.19. The zero-order valence-electron chi connectivity index (χ0n) is 13.3. The summed E-state index contributed by atoms with van der Waals surface area (Å²) in [6, 6.07) is 1.64. The molecule has 23 heavy (non-hydrogen) atoms. The van der Waals surface area contributed by atoms with Crippen LogP contribution >= 0.6 is 0 Å². The first-order chi connectivity index (χ1) is 10.7. The van der Waals surface area contributed by atoms with Gasteiger partial charge in [-0.25, -0.2) is 18.4 Å². The number of rotatable bonds is 5. The van der Waals surface area contributed by atoms with Crippen molar-refractivity contribution in [2.24, 2.45) is 7.05 Å². The third kappa shape index (κ3) is 3.83. The lowest BCUT2D eigenvalue weighted by Gasteiger charge is -2.17. The highest BCUT2D eigenvalue weighted by molar-refractivity contribution is 7.94. The maximum atomic E-state index is 12.2. The van der Waals surface area contributed by atoms with Gasteiger partial charge >= 0.3 is 0 Å². The number of nitrogens with one attached hydrogen (secondary N) is 1. The normalized spacial score (nSPS) is 12.7. The number of carbonyl (C=O) groups is 1. The number of nitrogens with zero attached hydrogens (tertiary/aromatic N) is 5. The van der Waals surface area contributed by atoms with Crippen LogP contribution in [0.25, 0.3) is 11.3 Å². The van der Waals surface area contributed by atoms with Gasteiger partial charge in [0.1, 0.15) is 0 Å². The molecule has 2 aromatic heterocycles. The van der Waals surface area contributed by atoms with Gasteiger partial charge in [-0.15, -0.1) is 0 Å². The number of aryl methyl sites for hydroxylation is 1. The van der Waals surface area contributed by atoms with Gasteiger partial charge in [-0.3, -0.25) is 14.2 Å². The molecule has 0 saturated carbocycles. The van der Waals surface area contributed by atoms with Crippen molar-refractivity contribution in [1.82, 2.24) is 24.6 Å². The van der Waals surface area contributed by atoms with Crippen molar-refractivity contribution in [3.8, 4) is 11.3 Å². The molecule has 0 radical (unpaired) electrons. The molecule has 124 valence electrons. The van der Waals surface area contributed by atoms with Gasteiger partial charge in [-0.1, -0.05) is 0 Å². The van der Waals surface area contributed by atoms with E-state index in [4.69, 9.17) is 0 Å². The molecule has 1 N–H and O–H groups in total. The summed E-state index contributed by atoms with van der Waals surface area (Å²) in [5.41, 5.74) is 1.25. The molecule has 2 heterocycles. The first-order valence-electron chi connectivity index (χ1n) is 6.75. The zero-order chi connectivity index (χ0) is 17.2. The Labute approximate surface area is 134 Å². The molecule has 0 aliphatic rings. The summed E-state index contributed by atoms with van der Waals surface area (Å²) < 4.78 is 28.3. The van der Waals surface area contributed by atoms with Crippen LogP contribution in [0.15, 0.2) is 24.7 Å². The molecule has 10 heteroatoms. The first-order valence-corrected chi connectivity index (χ1v) is 8.30. The highest BCUT2D eigenvalue weighted by Gasteiger charge is 2.30. The molecule has 9 nitrogen and oxygen atoms in total. The predicted octanol–water partition coefficient (Wildman–Crippen LogP) is 0.0955. The highest BCUT2D eigenvalue weighted by Crippen LogP contribution is 2.17. The molecule has 0 fully saturated rings. The minimum absolute atomic E-state index is 0.0928. The van der Waals surface area contributed by atoms with E-state index in [0.29, 0.717) is 5.69 Å². The number of anilines is 1. The van der Waals surface area contributed by atoms with Crippen LogP contribution in [0.3, 0.4) is 0 Å². The molecule has 0 saturated heterocycles. The Morgan fingerprint density at radius 3 is 2.65 bits per heavy atom. The number of hydrogen-bond acceptors (Lipinski definition) is 6. The molecule has 0 aliphatic carbocycles. The molecular formula is C13H18N6O3S. The van der Waals surface area contributed by atoms with E-state index < -0.39 is 21.2 Å². The fourth-order valence-corrected chi connectivity index (χ4v) is 2.84. The van der Waals surface area contributed by atoms with E-state index in [1.165, 1.54) is 32.1 Å². The monoisotopic (exact) mass is 338 g/mol. The van der Waals surface area contributed by atoms with Crippen molar-refractivity contribution in [3.05, 3.63) is 24.7 Å². The van der Waals surface area contributed by atoms with Gasteiger partial charge in [0.15, 0.2) is 5.25 Å².